The predicted molar refractivity (Wildman–Crippen MR) is 86.6 cm³/mol. The maximum Gasteiger partial charge on any atom is 0.241 e. The number of nitrogens with zero attached hydrogens (tertiary/aromatic N) is 1. The number of ether oxygens (including phenoxy) is 1. The number of carbonyl (C=O) groups is 1. The molecule has 1 saturated heterocycles. The number of hydrogen-bond donors (Lipinski definition) is 1. The molecule has 1 amide bonds. The fraction of sp³-hybridized carbons (Fsp3) is 0.562. The van der Waals surface area contributed by atoms with Crippen LogP contribution in [-0.4, -0.2) is 43.7 Å². The second-order valence-electron chi connectivity index (χ2n) is 5.63. The van der Waals surface area contributed by atoms with Crippen molar-refractivity contribution in [3.05, 3.63) is 35.9 Å². The zero-order valence-corrected chi connectivity index (χ0v) is 13.5. The Kier molecular flexibility index (Phi) is 7.15. The maximum absolute atomic E-state index is 12.2. The minimum absolute atomic E-state index is 0. The Morgan fingerprint density at radius 1 is 1.43 bits per heavy atom. The van der Waals surface area contributed by atoms with Crippen molar-refractivity contribution >= 4 is 18.3 Å². The van der Waals surface area contributed by atoms with Gasteiger partial charge in [0.25, 0.3) is 0 Å². The first-order valence-corrected chi connectivity index (χ1v) is 7.21. The fourth-order valence-corrected chi connectivity index (χ4v) is 3.03. The topological polar surface area (TPSA) is 55.6 Å². The lowest BCUT2D eigenvalue weighted by Crippen LogP contribution is -2.50. The van der Waals surface area contributed by atoms with Gasteiger partial charge in [0.05, 0.1) is 6.61 Å². The zero-order chi connectivity index (χ0) is 14.5. The number of methoxy groups -OCH3 is 1. The van der Waals surface area contributed by atoms with Crippen molar-refractivity contribution in [1.29, 1.82) is 0 Å². The quantitative estimate of drug-likeness (QED) is 0.925. The van der Waals surface area contributed by atoms with Gasteiger partial charge in [-0.15, -0.1) is 12.4 Å². The Labute approximate surface area is 133 Å². The van der Waals surface area contributed by atoms with Crippen LogP contribution in [0.2, 0.25) is 0 Å². The first-order chi connectivity index (χ1) is 9.63. The van der Waals surface area contributed by atoms with E-state index in [0.29, 0.717) is 11.8 Å². The van der Waals surface area contributed by atoms with Gasteiger partial charge in [-0.05, 0) is 23.8 Å². The first-order valence-electron chi connectivity index (χ1n) is 7.21. The van der Waals surface area contributed by atoms with Crippen LogP contribution in [0.1, 0.15) is 24.8 Å². The van der Waals surface area contributed by atoms with Crippen LogP contribution in [0, 0.1) is 5.92 Å². The molecule has 5 heteroatoms. The van der Waals surface area contributed by atoms with E-state index < -0.39 is 6.04 Å². The van der Waals surface area contributed by atoms with Gasteiger partial charge in [-0.3, -0.25) is 4.79 Å². The second kappa shape index (κ2) is 8.37. The molecule has 3 atom stereocenters. The van der Waals surface area contributed by atoms with Gasteiger partial charge in [0.1, 0.15) is 6.04 Å². The third kappa shape index (κ3) is 4.43. The molecule has 0 aliphatic carbocycles. The Morgan fingerprint density at radius 2 is 2.10 bits per heavy atom. The number of nitrogens with two attached hydrogens (primary N) is 1. The molecule has 2 N–H and O–H groups in total. The smallest absolute Gasteiger partial charge is 0.241 e. The van der Waals surface area contributed by atoms with Gasteiger partial charge in [0.2, 0.25) is 5.91 Å². The van der Waals surface area contributed by atoms with E-state index in [1.54, 1.807) is 7.11 Å². The van der Waals surface area contributed by atoms with Gasteiger partial charge in [-0.25, -0.2) is 0 Å². The normalized spacial score (nSPS) is 23.3. The van der Waals surface area contributed by atoms with E-state index in [0.717, 1.165) is 19.5 Å². The van der Waals surface area contributed by atoms with Gasteiger partial charge in [0, 0.05) is 20.2 Å². The number of likely N-dealkylation sites (tertiary alicyclic amines) is 1. The number of rotatable bonds is 4. The number of halogens is 1. The average molecular weight is 313 g/mol. The molecule has 0 aromatic heterocycles. The Bertz CT molecular complexity index is 441. The number of benzene rings is 1. The highest BCUT2D eigenvalue weighted by Crippen LogP contribution is 2.32. The summed E-state index contributed by atoms with van der Waals surface area (Å²) >= 11 is 0. The van der Waals surface area contributed by atoms with E-state index in [9.17, 15) is 4.79 Å². The zero-order valence-electron chi connectivity index (χ0n) is 12.7. The molecule has 0 spiro atoms. The monoisotopic (exact) mass is 312 g/mol. The van der Waals surface area contributed by atoms with Crippen LogP contribution in [0.3, 0.4) is 0 Å². The van der Waals surface area contributed by atoms with Crippen LogP contribution in [0.5, 0.6) is 0 Å². The molecule has 118 valence electrons. The Morgan fingerprint density at radius 3 is 2.67 bits per heavy atom. The average Bonchev–Trinajstić information content (AvgIpc) is 2.47. The summed E-state index contributed by atoms with van der Waals surface area (Å²) in [4.78, 5) is 14.1. The summed E-state index contributed by atoms with van der Waals surface area (Å²) in [6, 6.07) is 10.0. The molecule has 0 saturated carbocycles. The lowest BCUT2D eigenvalue weighted by molar-refractivity contribution is -0.135. The molecular formula is C16H25ClN2O2. The second-order valence-corrected chi connectivity index (χ2v) is 5.63. The summed E-state index contributed by atoms with van der Waals surface area (Å²) in [5, 5.41) is 0. The molecule has 1 aliphatic heterocycles. The van der Waals surface area contributed by atoms with Gasteiger partial charge in [0.15, 0.2) is 0 Å². The molecule has 0 radical (unpaired) electrons. The summed E-state index contributed by atoms with van der Waals surface area (Å²) in [5.41, 5.74) is 7.20. The van der Waals surface area contributed by atoms with Crippen molar-refractivity contribution in [2.75, 3.05) is 26.8 Å². The lowest BCUT2D eigenvalue weighted by Gasteiger charge is -2.38. The molecular weight excluding hydrogens is 288 g/mol. The SMILES string of the molecule is COCC(N)C(=O)N1CCC(c2ccccc2)C(C)C1.Cl. The van der Waals surface area contributed by atoms with Gasteiger partial charge in [-0.2, -0.15) is 0 Å². The molecule has 3 unspecified atom stereocenters. The van der Waals surface area contributed by atoms with Gasteiger partial charge in [-0.1, -0.05) is 37.3 Å². The maximum atomic E-state index is 12.2. The van der Waals surface area contributed by atoms with Crippen LogP contribution < -0.4 is 5.73 Å². The van der Waals surface area contributed by atoms with Crippen molar-refractivity contribution in [2.24, 2.45) is 11.7 Å². The van der Waals surface area contributed by atoms with Crippen molar-refractivity contribution in [2.45, 2.75) is 25.3 Å². The summed E-state index contributed by atoms with van der Waals surface area (Å²) in [7, 11) is 1.57. The highest BCUT2D eigenvalue weighted by molar-refractivity contribution is 5.85. The largest absolute Gasteiger partial charge is 0.383 e. The number of hydrogen-bond acceptors (Lipinski definition) is 3. The molecule has 2 rings (SSSR count). The highest BCUT2D eigenvalue weighted by Gasteiger charge is 2.31. The van der Waals surface area contributed by atoms with Crippen molar-refractivity contribution in [3.8, 4) is 0 Å². The van der Waals surface area contributed by atoms with Crippen LogP contribution >= 0.6 is 12.4 Å². The Balaban J connectivity index is 0.00000220. The molecule has 1 heterocycles. The first kappa shape index (κ1) is 18.0. The molecule has 1 aromatic rings. The number of carbonyl (C=O) groups excluding carboxylic acids is 1. The Hall–Kier alpha value is -1.10. The van der Waals surface area contributed by atoms with Gasteiger partial charge >= 0.3 is 0 Å². The van der Waals surface area contributed by atoms with Crippen LogP contribution in [0.15, 0.2) is 30.3 Å². The molecule has 1 aliphatic rings. The van der Waals surface area contributed by atoms with Crippen molar-refractivity contribution in [1.82, 2.24) is 4.90 Å². The van der Waals surface area contributed by atoms with Gasteiger partial charge < -0.3 is 15.4 Å². The number of piperidine rings is 1. The van der Waals surface area contributed by atoms with Crippen LogP contribution in [0.25, 0.3) is 0 Å². The van der Waals surface area contributed by atoms with Crippen molar-refractivity contribution in [3.63, 3.8) is 0 Å². The van der Waals surface area contributed by atoms with E-state index in [1.807, 2.05) is 11.0 Å². The molecule has 1 fully saturated rings. The molecule has 1 aromatic carbocycles. The predicted octanol–water partition coefficient (Wildman–Crippen LogP) is 2.03. The number of amides is 1. The fourth-order valence-electron chi connectivity index (χ4n) is 3.03. The summed E-state index contributed by atoms with van der Waals surface area (Å²) in [6.07, 6.45) is 0.997. The van der Waals surface area contributed by atoms with E-state index >= 15 is 0 Å². The minimum atomic E-state index is -0.541. The standard InChI is InChI=1S/C16H24N2O2.ClH/c1-12-10-18(16(19)15(17)11-20-2)9-8-14(12)13-6-4-3-5-7-13;/h3-7,12,14-15H,8-11,17H2,1-2H3;1H. The highest BCUT2D eigenvalue weighted by atomic mass is 35.5. The summed E-state index contributed by atoms with van der Waals surface area (Å²) in [6.45, 7) is 4.04. The van der Waals surface area contributed by atoms with E-state index in [1.165, 1.54) is 5.56 Å². The molecule has 4 nitrogen and oxygen atoms in total. The lowest BCUT2D eigenvalue weighted by atomic mass is 9.81. The summed E-state index contributed by atoms with van der Waals surface area (Å²) < 4.78 is 4.96. The van der Waals surface area contributed by atoms with E-state index in [-0.39, 0.29) is 24.9 Å². The molecule has 21 heavy (non-hydrogen) atoms. The minimum Gasteiger partial charge on any atom is -0.383 e. The molecule has 0 bridgehead atoms. The third-order valence-electron chi connectivity index (χ3n) is 4.11. The third-order valence-corrected chi connectivity index (χ3v) is 4.11. The van der Waals surface area contributed by atoms with Crippen LogP contribution in [0.4, 0.5) is 0 Å². The summed E-state index contributed by atoms with van der Waals surface area (Å²) in [5.74, 6) is 0.981. The van der Waals surface area contributed by atoms with Crippen LogP contribution in [-0.2, 0) is 9.53 Å². The van der Waals surface area contributed by atoms with E-state index in [4.69, 9.17) is 10.5 Å². The van der Waals surface area contributed by atoms with E-state index in [2.05, 4.69) is 31.2 Å². The van der Waals surface area contributed by atoms with Crippen molar-refractivity contribution < 1.29 is 9.53 Å².